The van der Waals surface area contributed by atoms with Gasteiger partial charge >= 0.3 is 0 Å². The third kappa shape index (κ3) is 3.10. The molecule has 2 N–H and O–H groups in total. The van der Waals surface area contributed by atoms with Crippen molar-refractivity contribution < 1.29 is 8.78 Å². The first kappa shape index (κ1) is 17.0. The van der Waals surface area contributed by atoms with E-state index in [1.54, 1.807) is 12.3 Å². The van der Waals surface area contributed by atoms with Crippen molar-refractivity contribution in [1.29, 1.82) is 0 Å². The Morgan fingerprint density at radius 3 is 2.59 bits per heavy atom. The maximum absolute atomic E-state index is 13.2. The van der Waals surface area contributed by atoms with Gasteiger partial charge < -0.3 is 5.73 Å². The van der Waals surface area contributed by atoms with Gasteiger partial charge in [-0.1, -0.05) is 24.3 Å². The van der Waals surface area contributed by atoms with E-state index in [2.05, 4.69) is 15.0 Å². The molecule has 0 fully saturated rings. The minimum Gasteiger partial charge on any atom is -0.383 e. The number of alkyl halides is 2. The van der Waals surface area contributed by atoms with E-state index in [1.807, 2.05) is 37.3 Å². The van der Waals surface area contributed by atoms with Crippen LogP contribution in [0.2, 0.25) is 0 Å². The number of aryl methyl sites for hydroxylation is 1. The molecular weight excluding hydrogens is 346 g/mol. The number of nitrogens with zero attached hydrogens (tertiary/aromatic N) is 3. The average Bonchev–Trinajstić information content (AvgIpc) is 2.68. The van der Waals surface area contributed by atoms with Crippen molar-refractivity contribution in [3.63, 3.8) is 0 Å². The fourth-order valence-electron chi connectivity index (χ4n) is 3.13. The number of benzene rings is 2. The van der Waals surface area contributed by atoms with Crippen LogP contribution >= 0.6 is 0 Å². The van der Waals surface area contributed by atoms with Crippen LogP contribution in [0.5, 0.6) is 0 Å². The minimum atomic E-state index is -2.53. The Kier molecular flexibility index (Phi) is 4.24. The van der Waals surface area contributed by atoms with Crippen LogP contribution in [0.3, 0.4) is 0 Å². The molecule has 0 saturated heterocycles. The molecule has 4 nitrogen and oxygen atoms in total. The van der Waals surface area contributed by atoms with Crippen LogP contribution in [-0.2, 0) is 0 Å². The maximum atomic E-state index is 13.2. The number of fused-ring (bicyclic) bond motifs is 1. The Morgan fingerprint density at radius 2 is 1.78 bits per heavy atom. The third-order valence-corrected chi connectivity index (χ3v) is 4.55. The Morgan fingerprint density at radius 1 is 0.926 bits per heavy atom. The van der Waals surface area contributed by atoms with Gasteiger partial charge in [0.25, 0.3) is 6.43 Å². The van der Waals surface area contributed by atoms with Crippen LogP contribution in [0.1, 0.15) is 17.6 Å². The van der Waals surface area contributed by atoms with Gasteiger partial charge in [-0.2, -0.15) is 0 Å². The molecular formula is C21H16F2N4. The number of anilines is 1. The van der Waals surface area contributed by atoms with E-state index in [9.17, 15) is 8.78 Å². The van der Waals surface area contributed by atoms with Crippen molar-refractivity contribution >= 4 is 16.7 Å². The number of nitrogens with two attached hydrogens (primary N) is 1. The zero-order valence-electron chi connectivity index (χ0n) is 14.5. The number of hydrogen-bond donors (Lipinski definition) is 1. The lowest BCUT2D eigenvalue weighted by Gasteiger charge is -2.13. The summed E-state index contributed by atoms with van der Waals surface area (Å²) in [5.74, 6) is 0.392. The molecule has 134 valence electrons. The zero-order valence-corrected chi connectivity index (χ0v) is 14.5. The van der Waals surface area contributed by atoms with E-state index in [0.29, 0.717) is 17.1 Å². The molecule has 2 aromatic carbocycles. The molecule has 0 aliphatic carbocycles. The summed E-state index contributed by atoms with van der Waals surface area (Å²) < 4.78 is 26.4. The van der Waals surface area contributed by atoms with E-state index in [0.717, 1.165) is 27.6 Å². The minimum absolute atomic E-state index is 0.0247. The predicted molar refractivity (Wildman–Crippen MR) is 102 cm³/mol. The van der Waals surface area contributed by atoms with Crippen LogP contribution in [0, 0.1) is 6.92 Å². The van der Waals surface area contributed by atoms with Crippen molar-refractivity contribution in [1.82, 2.24) is 15.0 Å². The number of hydrogen-bond acceptors (Lipinski definition) is 4. The quantitative estimate of drug-likeness (QED) is 0.545. The van der Waals surface area contributed by atoms with Gasteiger partial charge in [0.15, 0.2) is 0 Å². The van der Waals surface area contributed by atoms with Crippen molar-refractivity contribution in [2.45, 2.75) is 13.3 Å². The Bertz CT molecular complexity index is 1140. The molecule has 4 aromatic rings. The van der Waals surface area contributed by atoms with Crippen LogP contribution in [0.4, 0.5) is 14.6 Å². The second kappa shape index (κ2) is 6.72. The van der Waals surface area contributed by atoms with Gasteiger partial charge in [0.2, 0.25) is 0 Å². The maximum Gasteiger partial charge on any atom is 0.263 e. The van der Waals surface area contributed by atoms with Gasteiger partial charge in [-0.3, -0.25) is 4.98 Å². The normalized spacial score (nSPS) is 11.3. The van der Waals surface area contributed by atoms with Gasteiger partial charge in [0.05, 0.1) is 11.2 Å². The molecule has 0 saturated carbocycles. The SMILES string of the molecule is Cc1ccc(C(F)F)cc1-c1ncccc1-c1ccc2ncnc(N)c2c1. The molecule has 6 heteroatoms. The monoisotopic (exact) mass is 362 g/mol. The summed E-state index contributed by atoms with van der Waals surface area (Å²) >= 11 is 0. The van der Waals surface area contributed by atoms with Crippen LogP contribution in [-0.4, -0.2) is 15.0 Å². The molecule has 0 radical (unpaired) electrons. The summed E-state index contributed by atoms with van der Waals surface area (Å²) in [4.78, 5) is 12.7. The highest BCUT2D eigenvalue weighted by molar-refractivity contribution is 5.93. The number of rotatable bonds is 3. The Balaban J connectivity index is 1.93. The predicted octanol–water partition coefficient (Wildman–Crippen LogP) is 5.19. The van der Waals surface area contributed by atoms with Gasteiger partial charge in [-0.25, -0.2) is 18.7 Å². The highest BCUT2D eigenvalue weighted by Crippen LogP contribution is 2.35. The van der Waals surface area contributed by atoms with Gasteiger partial charge in [-0.05, 0) is 42.3 Å². The zero-order chi connectivity index (χ0) is 19.0. The largest absolute Gasteiger partial charge is 0.383 e. The summed E-state index contributed by atoms with van der Waals surface area (Å²) in [6.07, 6.45) is 0.548. The molecule has 0 aliphatic rings. The van der Waals surface area contributed by atoms with Gasteiger partial charge in [0.1, 0.15) is 12.1 Å². The summed E-state index contributed by atoms with van der Waals surface area (Å²) in [5, 5.41) is 0.739. The number of aromatic nitrogens is 3. The third-order valence-electron chi connectivity index (χ3n) is 4.55. The molecule has 0 atom stereocenters. The summed E-state index contributed by atoms with van der Waals surface area (Å²) in [5.41, 5.74) is 10.6. The first-order valence-electron chi connectivity index (χ1n) is 8.39. The molecule has 4 rings (SSSR count). The van der Waals surface area contributed by atoms with E-state index in [1.165, 1.54) is 18.5 Å². The average molecular weight is 362 g/mol. The van der Waals surface area contributed by atoms with Crippen LogP contribution in [0.25, 0.3) is 33.3 Å². The number of halogens is 2. The highest BCUT2D eigenvalue weighted by atomic mass is 19.3. The molecule has 0 aliphatic heterocycles. The van der Waals surface area contributed by atoms with Crippen LogP contribution in [0.15, 0.2) is 61.1 Å². The van der Waals surface area contributed by atoms with Gasteiger partial charge in [0, 0.05) is 28.3 Å². The standard InChI is InChI=1S/C21H16F2N4/c1-12-4-5-14(20(22)23)10-16(12)19-15(3-2-8-25-19)13-6-7-18-17(9-13)21(24)27-11-26-18/h2-11,20H,1H3,(H2,24,26,27). The number of pyridine rings is 1. The molecule has 2 heterocycles. The summed E-state index contributed by atoms with van der Waals surface area (Å²) in [7, 11) is 0. The molecule has 27 heavy (non-hydrogen) atoms. The fraction of sp³-hybridized carbons (Fsp3) is 0.0952. The van der Waals surface area contributed by atoms with E-state index in [-0.39, 0.29) is 5.56 Å². The second-order valence-electron chi connectivity index (χ2n) is 6.27. The first-order chi connectivity index (χ1) is 13.0. The lowest BCUT2D eigenvalue weighted by Crippen LogP contribution is -1.96. The van der Waals surface area contributed by atoms with Crippen molar-refractivity contribution in [3.05, 3.63) is 72.2 Å². The molecule has 2 aromatic heterocycles. The van der Waals surface area contributed by atoms with E-state index in [4.69, 9.17) is 5.73 Å². The lowest BCUT2D eigenvalue weighted by atomic mass is 9.94. The topological polar surface area (TPSA) is 64.7 Å². The van der Waals surface area contributed by atoms with E-state index < -0.39 is 6.43 Å². The van der Waals surface area contributed by atoms with Crippen molar-refractivity contribution in [3.8, 4) is 22.4 Å². The molecule has 0 bridgehead atoms. The first-order valence-corrected chi connectivity index (χ1v) is 8.39. The number of nitrogen functional groups attached to an aromatic ring is 1. The fourth-order valence-corrected chi connectivity index (χ4v) is 3.13. The lowest BCUT2D eigenvalue weighted by molar-refractivity contribution is 0.151. The Labute approximate surface area is 154 Å². The Hall–Kier alpha value is -3.41. The van der Waals surface area contributed by atoms with Gasteiger partial charge in [-0.15, -0.1) is 0 Å². The van der Waals surface area contributed by atoms with Crippen molar-refractivity contribution in [2.24, 2.45) is 0 Å². The molecule has 0 amide bonds. The molecule has 0 unspecified atom stereocenters. The van der Waals surface area contributed by atoms with Crippen molar-refractivity contribution in [2.75, 3.05) is 5.73 Å². The smallest absolute Gasteiger partial charge is 0.263 e. The molecule has 0 spiro atoms. The summed E-state index contributed by atoms with van der Waals surface area (Å²) in [6.45, 7) is 1.88. The van der Waals surface area contributed by atoms with Crippen LogP contribution < -0.4 is 5.73 Å². The summed E-state index contributed by atoms with van der Waals surface area (Å²) in [6, 6.07) is 14.1. The van der Waals surface area contributed by atoms with E-state index >= 15 is 0 Å². The highest BCUT2D eigenvalue weighted by Gasteiger charge is 2.15. The second-order valence-corrected chi connectivity index (χ2v) is 6.27.